The highest BCUT2D eigenvalue weighted by Crippen LogP contribution is 2.25. The Morgan fingerprint density at radius 2 is 1.96 bits per heavy atom. The number of nitro groups is 1. The fourth-order valence-corrected chi connectivity index (χ4v) is 1.72. The maximum atomic E-state index is 11.1. The molecule has 0 bridgehead atoms. The molecule has 8 heteroatoms. The highest BCUT2D eigenvalue weighted by Gasteiger charge is 2.12. The van der Waals surface area contributed by atoms with Gasteiger partial charge in [-0.3, -0.25) is 14.9 Å². The van der Waals surface area contributed by atoms with Crippen molar-refractivity contribution in [3.8, 4) is 17.4 Å². The van der Waals surface area contributed by atoms with Crippen molar-refractivity contribution < 1.29 is 19.2 Å². The summed E-state index contributed by atoms with van der Waals surface area (Å²) in [6.07, 6.45) is 1.16. The van der Waals surface area contributed by atoms with Gasteiger partial charge in [0.2, 0.25) is 5.88 Å². The van der Waals surface area contributed by atoms with E-state index in [-0.39, 0.29) is 24.1 Å². The molecule has 1 N–H and O–H groups in total. The van der Waals surface area contributed by atoms with Crippen LogP contribution in [0.25, 0.3) is 0 Å². The maximum Gasteiger partial charge on any atom is 0.290 e. The van der Waals surface area contributed by atoms with Crippen molar-refractivity contribution in [2.45, 2.75) is 6.92 Å². The largest absolute Gasteiger partial charge is 0.484 e. The molecule has 2 rings (SSSR count). The SMILES string of the molecule is CNC(=O)COc1ccc(Oc2cc(C)c([N+](=O)[O-])cn2)cc1. The molecule has 0 saturated heterocycles. The van der Waals surface area contributed by atoms with Gasteiger partial charge in [0.05, 0.1) is 4.92 Å². The van der Waals surface area contributed by atoms with Gasteiger partial charge in [0.15, 0.2) is 6.61 Å². The third kappa shape index (κ3) is 4.40. The molecule has 2 aromatic rings. The van der Waals surface area contributed by atoms with Crippen LogP contribution in [0.3, 0.4) is 0 Å². The number of nitrogens with zero attached hydrogens (tertiary/aromatic N) is 2. The van der Waals surface area contributed by atoms with Gasteiger partial charge in [0.1, 0.15) is 17.7 Å². The zero-order chi connectivity index (χ0) is 16.8. The molecule has 0 aliphatic rings. The number of aromatic nitrogens is 1. The summed E-state index contributed by atoms with van der Waals surface area (Å²) in [5.41, 5.74) is 0.404. The number of benzene rings is 1. The quantitative estimate of drug-likeness (QED) is 0.647. The fourth-order valence-electron chi connectivity index (χ4n) is 1.72. The van der Waals surface area contributed by atoms with E-state index in [1.807, 2.05) is 0 Å². The van der Waals surface area contributed by atoms with Crippen molar-refractivity contribution in [1.82, 2.24) is 10.3 Å². The third-order valence-electron chi connectivity index (χ3n) is 2.95. The number of nitrogens with one attached hydrogen (secondary N) is 1. The van der Waals surface area contributed by atoms with Crippen molar-refractivity contribution in [3.05, 3.63) is 52.2 Å². The Morgan fingerprint density at radius 1 is 1.30 bits per heavy atom. The summed E-state index contributed by atoms with van der Waals surface area (Å²) in [5, 5.41) is 13.2. The van der Waals surface area contributed by atoms with E-state index in [0.29, 0.717) is 17.1 Å². The average molecular weight is 317 g/mol. The van der Waals surface area contributed by atoms with Gasteiger partial charge in [-0.2, -0.15) is 0 Å². The number of rotatable bonds is 6. The van der Waals surface area contributed by atoms with E-state index >= 15 is 0 Å². The van der Waals surface area contributed by atoms with Crippen LogP contribution in [-0.4, -0.2) is 29.5 Å². The Hall–Kier alpha value is -3.16. The number of hydrogen-bond acceptors (Lipinski definition) is 6. The molecule has 120 valence electrons. The Balaban J connectivity index is 2.02. The van der Waals surface area contributed by atoms with E-state index in [9.17, 15) is 14.9 Å². The summed E-state index contributed by atoms with van der Waals surface area (Å²) < 4.78 is 10.8. The van der Waals surface area contributed by atoms with Crippen molar-refractivity contribution >= 4 is 11.6 Å². The lowest BCUT2D eigenvalue weighted by molar-refractivity contribution is -0.385. The van der Waals surface area contributed by atoms with Crippen LogP contribution in [0.5, 0.6) is 17.4 Å². The number of amides is 1. The van der Waals surface area contributed by atoms with Crippen LogP contribution in [0.15, 0.2) is 36.5 Å². The number of likely N-dealkylation sites (N-methyl/N-ethyl adjacent to an activating group) is 1. The highest BCUT2D eigenvalue weighted by molar-refractivity contribution is 5.77. The lowest BCUT2D eigenvalue weighted by Crippen LogP contribution is -2.24. The molecule has 0 unspecified atom stereocenters. The van der Waals surface area contributed by atoms with Crippen molar-refractivity contribution in [1.29, 1.82) is 0 Å². The fraction of sp³-hybridized carbons (Fsp3) is 0.200. The van der Waals surface area contributed by atoms with E-state index in [1.54, 1.807) is 31.2 Å². The van der Waals surface area contributed by atoms with Crippen LogP contribution < -0.4 is 14.8 Å². The third-order valence-corrected chi connectivity index (χ3v) is 2.95. The summed E-state index contributed by atoms with van der Waals surface area (Å²) in [7, 11) is 1.53. The van der Waals surface area contributed by atoms with Gasteiger partial charge in [-0.25, -0.2) is 4.98 Å². The summed E-state index contributed by atoms with van der Waals surface area (Å²) in [6, 6.07) is 8.09. The minimum atomic E-state index is -0.495. The van der Waals surface area contributed by atoms with Crippen LogP contribution in [0.4, 0.5) is 5.69 Å². The molecule has 1 aromatic carbocycles. The monoisotopic (exact) mass is 317 g/mol. The molecule has 1 heterocycles. The molecule has 8 nitrogen and oxygen atoms in total. The van der Waals surface area contributed by atoms with Gasteiger partial charge in [-0.05, 0) is 31.2 Å². The second-order valence-corrected chi connectivity index (χ2v) is 4.60. The van der Waals surface area contributed by atoms with E-state index < -0.39 is 4.92 Å². The predicted molar refractivity (Wildman–Crippen MR) is 81.7 cm³/mol. The molecule has 0 saturated carbocycles. The number of hydrogen-bond donors (Lipinski definition) is 1. The summed E-state index contributed by atoms with van der Waals surface area (Å²) in [5.74, 6) is 1.05. The van der Waals surface area contributed by atoms with Gasteiger partial charge < -0.3 is 14.8 Å². The Bertz CT molecular complexity index is 716. The van der Waals surface area contributed by atoms with Crippen molar-refractivity contribution in [2.75, 3.05) is 13.7 Å². The molecule has 1 amide bonds. The Kier molecular flexibility index (Phi) is 5.08. The van der Waals surface area contributed by atoms with Gasteiger partial charge in [0.25, 0.3) is 11.6 Å². The first-order valence-electron chi connectivity index (χ1n) is 6.72. The van der Waals surface area contributed by atoms with E-state index in [2.05, 4.69) is 10.3 Å². The van der Waals surface area contributed by atoms with Crippen LogP contribution in [-0.2, 0) is 4.79 Å². The topological polar surface area (TPSA) is 104 Å². The molecular formula is C15H15N3O5. The number of ether oxygens (including phenoxy) is 2. The minimum absolute atomic E-state index is 0.0599. The standard InChI is InChI=1S/C15H15N3O5/c1-10-7-15(17-8-13(10)18(20)21)23-12-5-3-11(4-6-12)22-9-14(19)16-2/h3-8H,9H2,1-2H3,(H,16,19). The van der Waals surface area contributed by atoms with Gasteiger partial charge in [0, 0.05) is 18.7 Å². The molecule has 0 fully saturated rings. The Morgan fingerprint density at radius 3 is 2.52 bits per heavy atom. The number of carbonyl (C=O) groups is 1. The first-order chi connectivity index (χ1) is 11.0. The summed E-state index contributed by atoms with van der Waals surface area (Å²) in [4.78, 5) is 25.2. The number of aryl methyl sites for hydroxylation is 1. The molecule has 0 radical (unpaired) electrons. The number of carbonyl (C=O) groups excluding carboxylic acids is 1. The normalized spacial score (nSPS) is 10.0. The lowest BCUT2D eigenvalue weighted by atomic mass is 10.2. The molecule has 0 aliphatic heterocycles. The van der Waals surface area contributed by atoms with E-state index in [1.165, 1.54) is 13.1 Å². The van der Waals surface area contributed by atoms with Crippen LogP contribution >= 0.6 is 0 Å². The molecular weight excluding hydrogens is 302 g/mol. The smallest absolute Gasteiger partial charge is 0.290 e. The highest BCUT2D eigenvalue weighted by atomic mass is 16.6. The maximum absolute atomic E-state index is 11.1. The van der Waals surface area contributed by atoms with Crippen LogP contribution in [0, 0.1) is 17.0 Å². The van der Waals surface area contributed by atoms with E-state index in [0.717, 1.165) is 6.20 Å². The van der Waals surface area contributed by atoms with Crippen molar-refractivity contribution in [2.24, 2.45) is 0 Å². The van der Waals surface area contributed by atoms with Gasteiger partial charge in [-0.1, -0.05) is 0 Å². The van der Waals surface area contributed by atoms with Gasteiger partial charge in [-0.15, -0.1) is 0 Å². The summed E-state index contributed by atoms with van der Waals surface area (Å²) >= 11 is 0. The first-order valence-corrected chi connectivity index (χ1v) is 6.72. The first kappa shape index (κ1) is 16.2. The van der Waals surface area contributed by atoms with Crippen LogP contribution in [0.1, 0.15) is 5.56 Å². The van der Waals surface area contributed by atoms with Gasteiger partial charge >= 0.3 is 0 Å². The lowest BCUT2D eigenvalue weighted by Gasteiger charge is -2.08. The second-order valence-electron chi connectivity index (χ2n) is 4.60. The molecule has 0 aliphatic carbocycles. The zero-order valence-corrected chi connectivity index (χ0v) is 12.6. The average Bonchev–Trinajstić information content (AvgIpc) is 2.53. The van der Waals surface area contributed by atoms with Crippen LogP contribution in [0.2, 0.25) is 0 Å². The van der Waals surface area contributed by atoms with Crippen molar-refractivity contribution in [3.63, 3.8) is 0 Å². The summed E-state index contributed by atoms with van der Waals surface area (Å²) in [6.45, 7) is 1.54. The zero-order valence-electron chi connectivity index (χ0n) is 12.6. The molecule has 0 spiro atoms. The van der Waals surface area contributed by atoms with E-state index in [4.69, 9.17) is 9.47 Å². The predicted octanol–water partition coefficient (Wildman–Crippen LogP) is 2.22. The minimum Gasteiger partial charge on any atom is -0.484 e. The Labute approximate surface area is 132 Å². The number of pyridine rings is 1. The second kappa shape index (κ2) is 7.21. The molecule has 23 heavy (non-hydrogen) atoms. The molecule has 0 atom stereocenters. The molecule has 1 aromatic heterocycles.